The van der Waals surface area contributed by atoms with E-state index in [9.17, 15) is 4.79 Å². The first-order chi connectivity index (χ1) is 9.34. The minimum atomic E-state index is -0.178. The molecule has 19 heavy (non-hydrogen) atoms. The highest BCUT2D eigenvalue weighted by molar-refractivity contribution is 6.19. The van der Waals surface area contributed by atoms with Crippen molar-refractivity contribution in [2.24, 2.45) is 5.92 Å². The number of carbonyl (C=O) groups is 1. The molecule has 98 valence electrons. The second kappa shape index (κ2) is 4.20. The summed E-state index contributed by atoms with van der Waals surface area (Å²) < 4.78 is 11.4. The maximum Gasteiger partial charge on any atom is 0.339 e. The van der Waals surface area contributed by atoms with E-state index in [0.717, 1.165) is 23.1 Å². The predicted molar refractivity (Wildman–Crippen MR) is 70.3 cm³/mol. The van der Waals surface area contributed by atoms with Crippen LogP contribution in [0.5, 0.6) is 0 Å². The molecule has 0 amide bonds. The standard InChI is InChI=1S/C16H16O3/c17-16-13(10-4-2-1-3-5-10)12-8-9-18-14(11-6-7-11)15(12)19-16/h1-5,11,14-15H,6-9H2/t14-,15-/m1/s1. The molecule has 2 atom stereocenters. The molecule has 3 heteroatoms. The number of benzene rings is 1. The van der Waals surface area contributed by atoms with Crippen LogP contribution < -0.4 is 0 Å². The van der Waals surface area contributed by atoms with Crippen LogP contribution in [0.15, 0.2) is 35.9 Å². The van der Waals surface area contributed by atoms with Gasteiger partial charge in [-0.25, -0.2) is 4.79 Å². The van der Waals surface area contributed by atoms with Gasteiger partial charge in [0.25, 0.3) is 0 Å². The van der Waals surface area contributed by atoms with Gasteiger partial charge in [-0.1, -0.05) is 30.3 Å². The molecule has 2 heterocycles. The van der Waals surface area contributed by atoms with Crippen LogP contribution in [0.2, 0.25) is 0 Å². The van der Waals surface area contributed by atoms with Crippen LogP contribution in [0.1, 0.15) is 24.8 Å². The van der Waals surface area contributed by atoms with Gasteiger partial charge < -0.3 is 9.47 Å². The van der Waals surface area contributed by atoms with Crippen LogP contribution >= 0.6 is 0 Å². The van der Waals surface area contributed by atoms with Gasteiger partial charge in [0.15, 0.2) is 6.10 Å². The molecular formula is C16H16O3. The molecule has 3 nitrogen and oxygen atoms in total. The normalized spacial score (nSPS) is 30.2. The van der Waals surface area contributed by atoms with Crippen LogP contribution in [-0.2, 0) is 14.3 Å². The number of ether oxygens (including phenoxy) is 2. The largest absolute Gasteiger partial charge is 0.451 e. The van der Waals surface area contributed by atoms with Crippen LogP contribution in [0.3, 0.4) is 0 Å². The first-order valence-corrected chi connectivity index (χ1v) is 6.95. The van der Waals surface area contributed by atoms with E-state index in [1.165, 1.54) is 12.8 Å². The number of fused-ring (bicyclic) bond motifs is 1. The Morgan fingerprint density at radius 1 is 1.11 bits per heavy atom. The summed E-state index contributed by atoms with van der Waals surface area (Å²) in [5, 5.41) is 0. The molecular weight excluding hydrogens is 240 g/mol. The first-order valence-electron chi connectivity index (χ1n) is 6.95. The van der Waals surface area contributed by atoms with Crippen molar-refractivity contribution in [3.05, 3.63) is 41.5 Å². The van der Waals surface area contributed by atoms with Gasteiger partial charge in [-0.15, -0.1) is 0 Å². The molecule has 1 aromatic carbocycles. The van der Waals surface area contributed by atoms with Gasteiger partial charge in [-0.2, -0.15) is 0 Å². The van der Waals surface area contributed by atoms with Gasteiger partial charge in [-0.3, -0.25) is 0 Å². The van der Waals surface area contributed by atoms with Gasteiger partial charge in [0.05, 0.1) is 12.2 Å². The van der Waals surface area contributed by atoms with E-state index in [2.05, 4.69) is 0 Å². The zero-order valence-corrected chi connectivity index (χ0v) is 10.7. The molecule has 0 radical (unpaired) electrons. The van der Waals surface area contributed by atoms with E-state index in [4.69, 9.17) is 9.47 Å². The molecule has 0 unspecified atom stereocenters. The molecule has 1 saturated heterocycles. The summed E-state index contributed by atoms with van der Waals surface area (Å²) >= 11 is 0. The highest BCUT2D eigenvalue weighted by Crippen LogP contribution is 2.45. The van der Waals surface area contributed by atoms with Crippen molar-refractivity contribution in [3.8, 4) is 0 Å². The lowest BCUT2D eigenvalue weighted by atomic mass is 9.91. The lowest BCUT2D eigenvalue weighted by Gasteiger charge is -2.29. The SMILES string of the molecule is O=C1O[C@@H]2C(=C1c1ccccc1)CCO[C@@H]2C1CC1. The number of rotatable bonds is 2. The maximum absolute atomic E-state index is 12.2. The number of esters is 1. The van der Waals surface area contributed by atoms with Crippen LogP contribution in [0.25, 0.3) is 5.57 Å². The zero-order valence-electron chi connectivity index (χ0n) is 10.7. The third-order valence-corrected chi connectivity index (χ3v) is 4.23. The number of hydrogen-bond donors (Lipinski definition) is 0. The summed E-state index contributed by atoms with van der Waals surface area (Å²) in [6.45, 7) is 0.708. The molecule has 0 bridgehead atoms. The molecule has 2 fully saturated rings. The second-order valence-corrected chi connectivity index (χ2v) is 5.52. The van der Waals surface area contributed by atoms with E-state index in [0.29, 0.717) is 12.5 Å². The predicted octanol–water partition coefficient (Wildman–Crippen LogP) is 2.56. The summed E-state index contributed by atoms with van der Waals surface area (Å²) in [6, 6.07) is 9.84. The van der Waals surface area contributed by atoms with E-state index in [-0.39, 0.29) is 18.2 Å². The molecule has 0 N–H and O–H groups in total. The lowest BCUT2D eigenvalue weighted by Crippen LogP contribution is -2.37. The van der Waals surface area contributed by atoms with Crippen molar-refractivity contribution in [1.29, 1.82) is 0 Å². The quantitative estimate of drug-likeness (QED) is 0.763. The Labute approximate surface area is 112 Å². The third kappa shape index (κ3) is 1.80. The summed E-state index contributed by atoms with van der Waals surface area (Å²) in [5.41, 5.74) is 2.90. The van der Waals surface area contributed by atoms with Gasteiger partial charge in [0.1, 0.15) is 6.10 Å². The molecule has 1 aromatic rings. The fraction of sp³-hybridized carbons (Fsp3) is 0.438. The molecule has 1 saturated carbocycles. The Bertz CT molecular complexity index is 542. The van der Waals surface area contributed by atoms with Crippen molar-refractivity contribution in [2.75, 3.05) is 6.61 Å². The van der Waals surface area contributed by atoms with Crippen molar-refractivity contribution in [3.63, 3.8) is 0 Å². The lowest BCUT2D eigenvalue weighted by molar-refractivity contribution is -0.147. The van der Waals surface area contributed by atoms with Crippen molar-refractivity contribution in [2.45, 2.75) is 31.5 Å². The number of hydrogen-bond acceptors (Lipinski definition) is 3. The highest BCUT2D eigenvalue weighted by Gasteiger charge is 2.48. The molecule has 0 spiro atoms. The molecule has 3 aliphatic rings. The van der Waals surface area contributed by atoms with E-state index < -0.39 is 0 Å². The zero-order chi connectivity index (χ0) is 12.8. The van der Waals surface area contributed by atoms with E-state index in [1.807, 2.05) is 30.3 Å². The Morgan fingerprint density at radius 2 is 1.89 bits per heavy atom. The van der Waals surface area contributed by atoms with Gasteiger partial charge in [0, 0.05) is 0 Å². The summed E-state index contributed by atoms with van der Waals surface area (Å²) in [6.07, 6.45) is 3.17. The highest BCUT2D eigenvalue weighted by atomic mass is 16.6. The molecule has 0 aromatic heterocycles. The third-order valence-electron chi connectivity index (χ3n) is 4.23. The first kappa shape index (κ1) is 11.2. The monoisotopic (exact) mass is 256 g/mol. The molecule has 2 aliphatic heterocycles. The Hall–Kier alpha value is -1.61. The smallest absolute Gasteiger partial charge is 0.339 e. The van der Waals surface area contributed by atoms with Gasteiger partial charge >= 0.3 is 5.97 Å². The van der Waals surface area contributed by atoms with Crippen LogP contribution in [-0.4, -0.2) is 24.8 Å². The average molecular weight is 256 g/mol. The molecule has 1 aliphatic carbocycles. The van der Waals surface area contributed by atoms with Gasteiger partial charge in [0.2, 0.25) is 0 Å². The van der Waals surface area contributed by atoms with Crippen molar-refractivity contribution >= 4 is 11.5 Å². The Balaban J connectivity index is 1.76. The fourth-order valence-corrected chi connectivity index (χ4v) is 3.16. The summed E-state index contributed by atoms with van der Waals surface area (Å²) in [4.78, 5) is 12.2. The maximum atomic E-state index is 12.2. The van der Waals surface area contributed by atoms with E-state index in [1.54, 1.807) is 0 Å². The Morgan fingerprint density at radius 3 is 2.63 bits per heavy atom. The van der Waals surface area contributed by atoms with Crippen LogP contribution in [0, 0.1) is 5.92 Å². The van der Waals surface area contributed by atoms with Crippen molar-refractivity contribution < 1.29 is 14.3 Å². The van der Waals surface area contributed by atoms with Crippen molar-refractivity contribution in [1.82, 2.24) is 0 Å². The average Bonchev–Trinajstić information content (AvgIpc) is 3.21. The van der Waals surface area contributed by atoms with Crippen LogP contribution in [0.4, 0.5) is 0 Å². The fourth-order valence-electron chi connectivity index (χ4n) is 3.16. The van der Waals surface area contributed by atoms with Gasteiger partial charge in [-0.05, 0) is 36.3 Å². The topological polar surface area (TPSA) is 35.5 Å². The Kier molecular flexibility index (Phi) is 2.49. The number of carbonyl (C=O) groups excluding carboxylic acids is 1. The second-order valence-electron chi connectivity index (χ2n) is 5.52. The summed E-state index contributed by atoms with van der Waals surface area (Å²) in [7, 11) is 0. The van der Waals surface area contributed by atoms with E-state index >= 15 is 0 Å². The minimum absolute atomic E-state index is 0.0916. The summed E-state index contributed by atoms with van der Waals surface area (Å²) in [5.74, 6) is 0.408. The molecule has 4 rings (SSSR count). The minimum Gasteiger partial charge on any atom is -0.451 e.